The lowest BCUT2D eigenvalue weighted by molar-refractivity contribution is -0.137. The number of pyridine rings is 1. The van der Waals surface area contributed by atoms with Gasteiger partial charge in [0.15, 0.2) is 0 Å². The highest BCUT2D eigenvalue weighted by atomic mass is 19.4. The van der Waals surface area contributed by atoms with Gasteiger partial charge in [-0.05, 0) is 24.3 Å². The molecular formula is C17H10F3N3O. The zero-order valence-electron chi connectivity index (χ0n) is 12.1. The number of nitrogens with zero attached hydrogens (tertiary/aromatic N) is 1. The van der Waals surface area contributed by atoms with Crippen molar-refractivity contribution in [3.05, 3.63) is 59.8 Å². The van der Waals surface area contributed by atoms with E-state index in [0.717, 1.165) is 12.1 Å². The SMILES string of the molecule is O=C1Nc2ccccc2Nc2c1cnc1cc(C(F)(F)F)ccc21. The smallest absolute Gasteiger partial charge is 0.353 e. The molecule has 0 fully saturated rings. The van der Waals surface area contributed by atoms with E-state index in [-0.39, 0.29) is 17.0 Å². The number of nitrogens with one attached hydrogen (secondary N) is 2. The first kappa shape index (κ1) is 14.5. The maximum atomic E-state index is 12.9. The number of amides is 1. The van der Waals surface area contributed by atoms with Crippen molar-refractivity contribution in [1.82, 2.24) is 4.98 Å². The highest BCUT2D eigenvalue weighted by molar-refractivity contribution is 6.16. The molecule has 0 saturated heterocycles. The summed E-state index contributed by atoms with van der Waals surface area (Å²) in [5.74, 6) is -0.364. The summed E-state index contributed by atoms with van der Waals surface area (Å²) in [7, 11) is 0. The Morgan fingerprint density at radius 3 is 2.38 bits per heavy atom. The van der Waals surface area contributed by atoms with Crippen molar-refractivity contribution >= 4 is 33.9 Å². The van der Waals surface area contributed by atoms with Gasteiger partial charge >= 0.3 is 6.18 Å². The second kappa shape index (κ2) is 4.95. The van der Waals surface area contributed by atoms with E-state index in [1.54, 1.807) is 24.3 Å². The van der Waals surface area contributed by atoms with Crippen LogP contribution in [-0.4, -0.2) is 10.9 Å². The number of alkyl halides is 3. The number of fused-ring (bicyclic) bond motifs is 4. The lowest BCUT2D eigenvalue weighted by atomic mass is 10.1. The number of benzene rings is 2. The molecule has 7 heteroatoms. The van der Waals surface area contributed by atoms with Crippen LogP contribution in [0.4, 0.5) is 30.2 Å². The summed E-state index contributed by atoms with van der Waals surface area (Å²) < 4.78 is 38.6. The van der Waals surface area contributed by atoms with Crippen LogP contribution in [0, 0.1) is 0 Å². The van der Waals surface area contributed by atoms with Gasteiger partial charge in [0, 0.05) is 11.6 Å². The highest BCUT2D eigenvalue weighted by Crippen LogP contribution is 2.37. The van der Waals surface area contributed by atoms with E-state index in [1.807, 2.05) is 0 Å². The van der Waals surface area contributed by atoms with Crippen molar-refractivity contribution in [1.29, 1.82) is 0 Å². The molecule has 2 aromatic carbocycles. The molecule has 0 spiro atoms. The van der Waals surface area contributed by atoms with E-state index in [4.69, 9.17) is 0 Å². The number of hydrogen-bond donors (Lipinski definition) is 2. The molecule has 3 aromatic rings. The fourth-order valence-electron chi connectivity index (χ4n) is 2.70. The van der Waals surface area contributed by atoms with Gasteiger partial charge in [-0.15, -0.1) is 0 Å². The summed E-state index contributed by atoms with van der Waals surface area (Å²) in [6, 6.07) is 10.4. The van der Waals surface area contributed by atoms with Gasteiger partial charge in [0.25, 0.3) is 5.91 Å². The average molecular weight is 329 g/mol. The zero-order chi connectivity index (χ0) is 16.9. The van der Waals surface area contributed by atoms with E-state index in [0.29, 0.717) is 22.4 Å². The fourth-order valence-corrected chi connectivity index (χ4v) is 2.70. The highest BCUT2D eigenvalue weighted by Gasteiger charge is 2.31. The predicted octanol–water partition coefficient (Wildman–Crippen LogP) is 4.56. The number of aromatic nitrogens is 1. The summed E-state index contributed by atoms with van der Waals surface area (Å²) in [6.45, 7) is 0. The molecule has 1 aromatic heterocycles. The third kappa shape index (κ3) is 2.25. The van der Waals surface area contributed by atoms with E-state index >= 15 is 0 Å². The number of carbonyl (C=O) groups is 1. The van der Waals surface area contributed by atoms with Crippen LogP contribution in [0.25, 0.3) is 10.9 Å². The van der Waals surface area contributed by atoms with Crippen molar-refractivity contribution in [2.75, 3.05) is 10.6 Å². The molecule has 1 amide bonds. The molecule has 0 unspecified atom stereocenters. The number of anilines is 3. The van der Waals surface area contributed by atoms with Crippen LogP contribution in [0.1, 0.15) is 15.9 Å². The standard InChI is InChI=1S/C17H10F3N3O/c18-17(19,20)9-5-6-10-14(7-9)21-8-11-15(10)22-12-3-1-2-4-13(12)23-16(11)24/h1-8,22H,(H,23,24). The second-order valence-electron chi connectivity index (χ2n) is 5.40. The summed E-state index contributed by atoms with van der Waals surface area (Å²) in [5, 5.41) is 6.34. The molecule has 24 heavy (non-hydrogen) atoms. The van der Waals surface area contributed by atoms with Gasteiger partial charge in [0.2, 0.25) is 0 Å². The third-order valence-corrected chi connectivity index (χ3v) is 3.88. The predicted molar refractivity (Wildman–Crippen MR) is 84.4 cm³/mol. The molecule has 0 atom stereocenters. The summed E-state index contributed by atoms with van der Waals surface area (Å²) in [5.41, 5.74) is 1.37. The van der Waals surface area contributed by atoms with Crippen LogP contribution in [0.5, 0.6) is 0 Å². The van der Waals surface area contributed by atoms with Crippen molar-refractivity contribution in [3.8, 4) is 0 Å². The quantitative estimate of drug-likeness (QED) is 0.635. The third-order valence-electron chi connectivity index (χ3n) is 3.88. The van der Waals surface area contributed by atoms with Crippen LogP contribution in [0.2, 0.25) is 0 Å². The Bertz CT molecular complexity index is 982. The minimum absolute atomic E-state index is 0.170. The van der Waals surface area contributed by atoms with Crippen molar-refractivity contribution in [2.45, 2.75) is 6.18 Å². The average Bonchev–Trinajstić information content (AvgIpc) is 2.69. The number of rotatable bonds is 0. The van der Waals surface area contributed by atoms with Gasteiger partial charge in [-0.25, -0.2) is 0 Å². The first-order chi connectivity index (χ1) is 11.4. The number of halogens is 3. The second-order valence-corrected chi connectivity index (χ2v) is 5.40. The first-order valence-electron chi connectivity index (χ1n) is 7.11. The molecule has 1 aliphatic heterocycles. The molecule has 120 valence electrons. The molecule has 4 nitrogen and oxygen atoms in total. The Morgan fingerprint density at radius 1 is 0.958 bits per heavy atom. The van der Waals surface area contributed by atoms with Crippen LogP contribution in [0.15, 0.2) is 48.7 Å². The first-order valence-corrected chi connectivity index (χ1v) is 7.11. The molecule has 0 radical (unpaired) electrons. The van der Waals surface area contributed by atoms with Gasteiger partial charge in [-0.1, -0.05) is 18.2 Å². The van der Waals surface area contributed by atoms with Crippen molar-refractivity contribution in [3.63, 3.8) is 0 Å². The van der Waals surface area contributed by atoms with E-state index in [2.05, 4.69) is 15.6 Å². The van der Waals surface area contributed by atoms with E-state index in [1.165, 1.54) is 12.3 Å². The maximum absolute atomic E-state index is 12.9. The van der Waals surface area contributed by atoms with Crippen molar-refractivity contribution in [2.24, 2.45) is 0 Å². The van der Waals surface area contributed by atoms with Gasteiger partial charge in [-0.2, -0.15) is 13.2 Å². The molecule has 2 heterocycles. The Balaban J connectivity index is 1.95. The minimum Gasteiger partial charge on any atom is -0.353 e. The Labute approximate surface area is 134 Å². The van der Waals surface area contributed by atoms with E-state index in [9.17, 15) is 18.0 Å². The Hall–Kier alpha value is -3.09. The van der Waals surface area contributed by atoms with Crippen LogP contribution in [-0.2, 0) is 6.18 Å². The molecule has 1 aliphatic rings. The summed E-state index contributed by atoms with van der Waals surface area (Å²) in [6.07, 6.45) is -3.16. The van der Waals surface area contributed by atoms with Gasteiger partial charge in [-0.3, -0.25) is 9.78 Å². The normalized spacial score (nSPS) is 13.5. The molecule has 0 saturated carbocycles. The number of hydrogen-bond acceptors (Lipinski definition) is 3. The molecule has 4 rings (SSSR count). The fraction of sp³-hybridized carbons (Fsp3) is 0.0588. The van der Waals surface area contributed by atoms with E-state index < -0.39 is 11.7 Å². The van der Waals surface area contributed by atoms with Gasteiger partial charge in [0.05, 0.1) is 33.7 Å². The monoisotopic (exact) mass is 329 g/mol. The molecule has 2 N–H and O–H groups in total. The minimum atomic E-state index is -4.44. The molecule has 0 bridgehead atoms. The van der Waals surface area contributed by atoms with Crippen LogP contribution >= 0.6 is 0 Å². The molecular weight excluding hydrogens is 319 g/mol. The van der Waals surface area contributed by atoms with Gasteiger partial charge in [0.1, 0.15) is 0 Å². The summed E-state index contributed by atoms with van der Waals surface area (Å²) in [4.78, 5) is 16.4. The summed E-state index contributed by atoms with van der Waals surface area (Å²) >= 11 is 0. The number of para-hydroxylation sites is 2. The topological polar surface area (TPSA) is 54.0 Å². The van der Waals surface area contributed by atoms with Crippen LogP contribution < -0.4 is 10.6 Å². The Kier molecular flexibility index (Phi) is 2.99. The molecule has 0 aliphatic carbocycles. The zero-order valence-corrected chi connectivity index (χ0v) is 12.1. The lowest BCUT2D eigenvalue weighted by Crippen LogP contribution is -2.11. The lowest BCUT2D eigenvalue weighted by Gasteiger charge is -2.12. The van der Waals surface area contributed by atoms with Gasteiger partial charge < -0.3 is 10.6 Å². The largest absolute Gasteiger partial charge is 0.416 e. The van der Waals surface area contributed by atoms with Crippen LogP contribution in [0.3, 0.4) is 0 Å². The van der Waals surface area contributed by atoms with Crippen molar-refractivity contribution < 1.29 is 18.0 Å². The Morgan fingerprint density at radius 2 is 1.67 bits per heavy atom. The maximum Gasteiger partial charge on any atom is 0.416 e. The number of carbonyl (C=O) groups excluding carboxylic acids is 1.